The molecule has 4 nitrogen and oxygen atoms in total. The molecule has 1 unspecified atom stereocenters. The third-order valence-corrected chi connectivity index (χ3v) is 3.84. The smallest absolute Gasteiger partial charge is 0.161 e. The van der Waals surface area contributed by atoms with Crippen LogP contribution in [0.25, 0.3) is 0 Å². The van der Waals surface area contributed by atoms with Gasteiger partial charge in [0.15, 0.2) is 11.5 Å². The summed E-state index contributed by atoms with van der Waals surface area (Å²) in [5, 5.41) is 0.716. The highest BCUT2D eigenvalue weighted by Crippen LogP contribution is 2.32. The number of rotatable bonds is 5. The fourth-order valence-electron chi connectivity index (χ4n) is 2.21. The second-order valence-corrected chi connectivity index (χ2v) is 5.13. The number of hydrazine groups is 1. The summed E-state index contributed by atoms with van der Waals surface area (Å²) in [5.74, 6) is 7.06. The quantitative estimate of drug-likeness (QED) is 0.658. The predicted molar refractivity (Wildman–Crippen MR) is 84.9 cm³/mol. The number of methoxy groups -OCH3 is 2. The first-order valence-electron chi connectivity index (χ1n) is 6.54. The summed E-state index contributed by atoms with van der Waals surface area (Å²) in [4.78, 5) is 0. The number of nitrogens with one attached hydrogen (secondary N) is 1. The minimum absolute atomic E-state index is 0.178. The van der Waals surface area contributed by atoms with Crippen LogP contribution in [-0.2, 0) is 0 Å². The molecule has 112 valence electrons. The van der Waals surface area contributed by atoms with Crippen LogP contribution in [0.5, 0.6) is 11.5 Å². The van der Waals surface area contributed by atoms with Crippen molar-refractivity contribution < 1.29 is 9.47 Å². The van der Waals surface area contributed by atoms with Crippen LogP contribution in [0.4, 0.5) is 0 Å². The third kappa shape index (κ3) is 3.29. The van der Waals surface area contributed by atoms with Gasteiger partial charge in [-0.05, 0) is 41.8 Å². The van der Waals surface area contributed by atoms with Crippen molar-refractivity contribution in [1.29, 1.82) is 0 Å². The van der Waals surface area contributed by atoms with Gasteiger partial charge in [0.25, 0.3) is 0 Å². The lowest BCUT2D eigenvalue weighted by atomic mass is 9.98. The zero-order chi connectivity index (χ0) is 15.4. The van der Waals surface area contributed by atoms with Crippen LogP contribution < -0.4 is 20.7 Å². The van der Waals surface area contributed by atoms with Crippen molar-refractivity contribution in [3.63, 3.8) is 0 Å². The molecular weight excluding hydrogens is 288 g/mol. The van der Waals surface area contributed by atoms with Gasteiger partial charge in [-0.25, -0.2) is 5.43 Å². The standard InChI is InChI=1S/C16H19ClN2O2/c1-10-4-5-11(8-13(10)17)16(19-18)12-6-7-14(20-2)15(9-12)21-3/h4-9,16,19H,18H2,1-3H3. The number of nitrogens with two attached hydrogens (primary N) is 1. The normalized spacial score (nSPS) is 12.0. The predicted octanol–water partition coefficient (Wildman–Crippen LogP) is 3.22. The molecule has 0 amide bonds. The van der Waals surface area contributed by atoms with Crippen molar-refractivity contribution in [3.8, 4) is 11.5 Å². The topological polar surface area (TPSA) is 56.5 Å². The Bertz CT molecular complexity index is 632. The lowest BCUT2D eigenvalue weighted by molar-refractivity contribution is 0.354. The molecule has 0 aliphatic heterocycles. The molecule has 0 radical (unpaired) electrons. The van der Waals surface area contributed by atoms with Crippen LogP contribution in [0.1, 0.15) is 22.7 Å². The maximum absolute atomic E-state index is 6.20. The number of ether oxygens (including phenoxy) is 2. The molecule has 5 heteroatoms. The number of aryl methyl sites for hydroxylation is 1. The molecule has 0 aliphatic carbocycles. The van der Waals surface area contributed by atoms with Gasteiger partial charge in [-0.3, -0.25) is 5.84 Å². The molecule has 2 rings (SSSR count). The van der Waals surface area contributed by atoms with Gasteiger partial charge in [0.05, 0.1) is 20.3 Å². The first-order valence-corrected chi connectivity index (χ1v) is 6.92. The van der Waals surface area contributed by atoms with E-state index >= 15 is 0 Å². The van der Waals surface area contributed by atoms with E-state index in [0.717, 1.165) is 16.7 Å². The first kappa shape index (κ1) is 15.6. The highest BCUT2D eigenvalue weighted by molar-refractivity contribution is 6.31. The molecule has 0 heterocycles. The number of halogens is 1. The molecule has 0 spiro atoms. The van der Waals surface area contributed by atoms with Crippen LogP contribution in [-0.4, -0.2) is 14.2 Å². The highest BCUT2D eigenvalue weighted by atomic mass is 35.5. The van der Waals surface area contributed by atoms with E-state index in [4.69, 9.17) is 26.9 Å². The van der Waals surface area contributed by atoms with E-state index in [2.05, 4.69) is 5.43 Å². The summed E-state index contributed by atoms with van der Waals surface area (Å²) >= 11 is 6.20. The number of hydrogen-bond acceptors (Lipinski definition) is 4. The Hall–Kier alpha value is -1.75. The van der Waals surface area contributed by atoms with E-state index in [1.807, 2.05) is 43.3 Å². The zero-order valence-corrected chi connectivity index (χ0v) is 13.1. The Morgan fingerprint density at radius 2 is 1.62 bits per heavy atom. The van der Waals surface area contributed by atoms with E-state index in [1.165, 1.54) is 0 Å². The highest BCUT2D eigenvalue weighted by Gasteiger charge is 2.16. The third-order valence-electron chi connectivity index (χ3n) is 3.44. The van der Waals surface area contributed by atoms with Crippen LogP contribution in [0, 0.1) is 6.92 Å². The summed E-state index contributed by atoms with van der Waals surface area (Å²) in [7, 11) is 3.21. The Morgan fingerprint density at radius 1 is 1.00 bits per heavy atom. The Balaban J connectivity index is 2.43. The molecule has 2 aromatic rings. The molecular formula is C16H19ClN2O2. The Labute approximate surface area is 129 Å². The van der Waals surface area contributed by atoms with Crippen LogP contribution in [0.3, 0.4) is 0 Å². The average Bonchev–Trinajstić information content (AvgIpc) is 2.51. The lowest BCUT2D eigenvalue weighted by Gasteiger charge is -2.19. The Morgan fingerprint density at radius 3 is 2.19 bits per heavy atom. The van der Waals surface area contributed by atoms with Gasteiger partial charge >= 0.3 is 0 Å². The SMILES string of the molecule is COc1ccc(C(NN)c2ccc(C)c(Cl)c2)cc1OC. The molecule has 2 aromatic carbocycles. The van der Waals surface area contributed by atoms with E-state index in [9.17, 15) is 0 Å². The van der Waals surface area contributed by atoms with Crippen LogP contribution in [0.15, 0.2) is 36.4 Å². The van der Waals surface area contributed by atoms with E-state index in [-0.39, 0.29) is 6.04 Å². The van der Waals surface area contributed by atoms with Crippen LogP contribution in [0.2, 0.25) is 5.02 Å². The van der Waals surface area contributed by atoms with Crippen molar-refractivity contribution in [2.75, 3.05) is 14.2 Å². The minimum Gasteiger partial charge on any atom is -0.493 e. The van der Waals surface area contributed by atoms with E-state index in [0.29, 0.717) is 16.5 Å². The molecule has 0 saturated heterocycles. The van der Waals surface area contributed by atoms with Gasteiger partial charge in [0, 0.05) is 5.02 Å². The maximum atomic E-state index is 6.20. The van der Waals surface area contributed by atoms with Crippen molar-refractivity contribution in [3.05, 3.63) is 58.1 Å². The van der Waals surface area contributed by atoms with Crippen LogP contribution >= 0.6 is 11.6 Å². The second-order valence-electron chi connectivity index (χ2n) is 4.72. The first-order chi connectivity index (χ1) is 10.1. The van der Waals surface area contributed by atoms with Gasteiger partial charge in [-0.15, -0.1) is 0 Å². The second kappa shape index (κ2) is 6.80. The zero-order valence-electron chi connectivity index (χ0n) is 12.3. The minimum atomic E-state index is -0.178. The van der Waals surface area contributed by atoms with Gasteiger partial charge < -0.3 is 9.47 Å². The fraction of sp³-hybridized carbons (Fsp3) is 0.250. The summed E-state index contributed by atoms with van der Waals surface area (Å²) in [6.07, 6.45) is 0. The summed E-state index contributed by atoms with van der Waals surface area (Å²) in [6.45, 7) is 1.97. The van der Waals surface area contributed by atoms with E-state index < -0.39 is 0 Å². The number of hydrogen-bond donors (Lipinski definition) is 2. The molecule has 21 heavy (non-hydrogen) atoms. The van der Waals surface area contributed by atoms with E-state index in [1.54, 1.807) is 14.2 Å². The van der Waals surface area contributed by atoms with Gasteiger partial charge in [0.2, 0.25) is 0 Å². The van der Waals surface area contributed by atoms with Crippen molar-refractivity contribution in [1.82, 2.24) is 5.43 Å². The van der Waals surface area contributed by atoms with Gasteiger partial charge in [0.1, 0.15) is 0 Å². The molecule has 0 bridgehead atoms. The summed E-state index contributed by atoms with van der Waals surface area (Å²) < 4.78 is 10.6. The molecule has 0 saturated carbocycles. The molecule has 3 N–H and O–H groups in total. The largest absolute Gasteiger partial charge is 0.493 e. The molecule has 1 atom stereocenters. The summed E-state index contributed by atoms with van der Waals surface area (Å²) in [5.41, 5.74) is 5.80. The van der Waals surface area contributed by atoms with Crippen molar-refractivity contribution >= 4 is 11.6 Å². The maximum Gasteiger partial charge on any atom is 0.161 e. The molecule has 0 aliphatic rings. The summed E-state index contributed by atoms with van der Waals surface area (Å²) in [6, 6.07) is 11.4. The number of benzene rings is 2. The van der Waals surface area contributed by atoms with Gasteiger partial charge in [-0.1, -0.05) is 29.8 Å². The van der Waals surface area contributed by atoms with Crippen molar-refractivity contribution in [2.45, 2.75) is 13.0 Å². The lowest BCUT2D eigenvalue weighted by Crippen LogP contribution is -2.28. The van der Waals surface area contributed by atoms with Gasteiger partial charge in [-0.2, -0.15) is 0 Å². The average molecular weight is 307 g/mol. The molecule has 0 aromatic heterocycles. The Kier molecular flexibility index (Phi) is 5.07. The van der Waals surface area contributed by atoms with Crippen molar-refractivity contribution in [2.24, 2.45) is 5.84 Å². The molecule has 0 fully saturated rings. The fourth-order valence-corrected chi connectivity index (χ4v) is 2.39. The monoisotopic (exact) mass is 306 g/mol.